The lowest BCUT2D eigenvalue weighted by atomic mass is 9.81. The highest BCUT2D eigenvalue weighted by Gasteiger charge is 2.24. The highest BCUT2D eigenvalue weighted by atomic mass is 32.1. The van der Waals surface area contributed by atoms with Gasteiger partial charge in [-0.05, 0) is 81.8 Å². The molecule has 0 fully saturated rings. The first-order chi connectivity index (χ1) is 30.1. The zero-order valence-corrected chi connectivity index (χ0v) is 33.6. The van der Waals surface area contributed by atoms with Gasteiger partial charge in [0.2, 0.25) is 0 Å². The number of allylic oxidation sites excluding steroid dienone is 4. The number of hydrogen-bond acceptors (Lipinski definition) is 7. The molecule has 0 aliphatic heterocycles. The quantitative estimate of drug-likeness (QED) is 0.152. The molecule has 1 unspecified atom stereocenters. The van der Waals surface area contributed by atoms with Crippen molar-refractivity contribution in [2.45, 2.75) is 12.3 Å². The van der Waals surface area contributed by atoms with Crippen molar-refractivity contribution in [3.05, 3.63) is 210 Å². The fourth-order valence-electron chi connectivity index (χ4n) is 8.06. The van der Waals surface area contributed by atoms with Gasteiger partial charge in [-0.3, -0.25) is 0 Å². The average molecular weight is 799 g/mol. The molecule has 6 nitrogen and oxygen atoms in total. The molecular formula is C54H34N6S. The number of fused-ring (bicyclic) bond motifs is 1. The molecule has 0 spiro atoms. The van der Waals surface area contributed by atoms with E-state index in [1.807, 2.05) is 127 Å². The van der Waals surface area contributed by atoms with E-state index in [0.29, 0.717) is 28.6 Å². The number of benzene rings is 7. The van der Waals surface area contributed by atoms with Crippen LogP contribution in [0.3, 0.4) is 0 Å². The molecule has 10 rings (SSSR count). The molecule has 286 valence electrons. The zero-order chi connectivity index (χ0) is 41.1. The van der Waals surface area contributed by atoms with Crippen LogP contribution in [0.1, 0.15) is 34.0 Å². The van der Waals surface area contributed by atoms with Crippen molar-refractivity contribution < 1.29 is 0 Å². The van der Waals surface area contributed by atoms with Crippen LogP contribution in [0, 0.1) is 22.7 Å². The van der Waals surface area contributed by atoms with Gasteiger partial charge >= 0.3 is 0 Å². The van der Waals surface area contributed by atoms with Crippen molar-refractivity contribution in [1.29, 1.82) is 10.5 Å². The Morgan fingerprint density at radius 3 is 1.85 bits per heavy atom. The highest BCUT2D eigenvalue weighted by molar-refractivity contribution is 7.19. The Labute approximate surface area is 357 Å². The third-order valence-electron chi connectivity index (χ3n) is 11.0. The molecule has 61 heavy (non-hydrogen) atoms. The van der Waals surface area contributed by atoms with Crippen molar-refractivity contribution in [3.8, 4) is 79.7 Å². The van der Waals surface area contributed by atoms with E-state index < -0.39 is 0 Å². The van der Waals surface area contributed by atoms with Crippen LogP contribution in [0.4, 0.5) is 0 Å². The third kappa shape index (κ3) is 7.32. The standard InChI is InChI=1S/C54H34N6S/c55-33-35-26-28-45(44-22-9-10-23-46(44)53-59-51(36-14-3-1-4-15-36)58-52(60-53)37-16-5-2-6-17-37)47(30-35)48-32-39(42-21-8-7-18-41(42)34-56)27-29-43(48)38-19-13-20-40(31-38)54-57-49-24-11-12-25-50(49)61-54/h1-18,20-32,38H,19H2. The molecule has 0 N–H and O–H groups in total. The van der Waals surface area contributed by atoms with E-state index in [2.05, 4.69) is 72.8 Å². The first-order valence-corrected chi connectivity index (χ1v) is 20.8. The fraction of sp³-hybridized carbons (Fsp3) is 0.0370. The summed E-state index contributed by atoms with van der Waals surface area (Å²) < 4.78 is 1.15. The lowest BCUT2D eigenvalue weighted by molar-refractivity contribution is 0.859. The van der Waals surface area contributed by atoms with Gasteiger partial charge in [-0.15, -0.1) is 11.3 Å². The smallest absolute Gasteiger partial charge is 0.164 e. The van der Waals surface area contributed by atoms with E-state index in [0.717, 1.165) is 82.9 Å². The van der Waals surface area contributed by atoms with Crippen LogP contribution in [-0.2, 0) is 0 Å². The molecule has 9 aromatic rings. The molecule has 2 heterocycles. The minimum atomic E-state index is 0.00139. The topological polar surface area (TPSA) is 99.1 Å². The Hall–Kier alpha value is -8.10. The number of nitrogens with zero attached hydrogens (tertiary/aromatic N) is 6. The summed E-state index contributed by atoms with van der Waals surface area (Å²) in [6, 6.07) is 61.2. The molecule has 7 heteroatoms. The van der Waals surface area contributed by atoms with E-state index in [-0.39, 0.29) is 5.92 Å². The van der Waals surface area contributed by atoms with Gasteiger partial charge in [0.15, 0.2) is 17.5 Å². The molecule has 0 saturated carbocycles. The van der Waals surface area contributed by atoms with Crippen molar-refractivity contribution in [2.24, 2.45) is 0 Å². The Bertz CT molecular complexity index is 3170. The Kier molecular flexibility index (Phi) is 9.92. The maximum Gasteiger partial charge on any atom is 0.164 e. The number of thiazole rings is 1. The lowest BCUT2D eigenvalue weighted by Crippen LogP contribution is -2.04. The predicted molar refractivity (Wildman–Crippen MR) is 246 cm³/mol. The number of rotatable bonds is 8. The van der Waals surface area contributed by atoms with Gasteiger partial charge in [-0.1, -0.05) is 152 Å². The Balaban J connectivity index is 1.19. The summed E-state index contributed by atoms with van der Waals surface area (Å²) in [6.45, 7) is 0. The summed E-state index contributed by atoms with van der Waals surface area (Å²) >= 11 is 1.69. The van der Waals surface area contributed by atoms with Gasteiger partial charge in [0.1, 0.15) is 5.01 Å². The second kappa shape index (κ2) is 16.3. The summed E-state index contributed by atoms with van der Waals surface area (Å²) in [5.74, 6) is 1.69. The largest absolute Gasteiger partial charge is 0.236 e. The monoisotopic (exact) mass is 798 g/mol. The first kappa shape index (κ1) is 37.2. The van der Waals surface area contributed by atoms with Crippen LogP contribution in [0.5, 0.6) is 0 Å². The Morgan fingerprint density at radius 1 is 0.492 bits per heavy atom. The predicted octanol–water partition coefficient (Wildman–Crippen LogP) is 13.4. The SMILES string of the molecule is N#Cc1ccc(-c2ccccc2-c2nc(-c3ccccc3)nc(-c3ccccc3)n2)c(-c2cc(-c3ccccc3C#N)ccc2C2C=C(c3nc4ccccc4s3)C=CC2)c1. The van der Waals surface area contributed by atoms with Crippen molar-refractivity contribution >= 4 is 27.1 Å². The van der Waals surface area contributed by atoms with Crippen LogP contribution >= 0.6 is 11.3 Å². The molecule has 2 aromatic heterocycles. The van der Waals surface area contributed by atoms with Gasteiger partial charge in [-0.2, -0.15) is 10.5 Å². The van der Waals surface area contributed by atoms with Crippen LogP contribution in [0.25, 0.3) is 83.3 Å². The number of para-hydroxylation sites is 1. The molecule has 0 bridgehead atoms. The van der Waals surface area contributed by atoms with Crippen molar-refractivity contribution in [2.75, 3.05) is 0 Å². The maximum atomic E-state index is 10.4. The first-order valence-electron chi connectivity index (χ1n) is 20.0. The maximum absolute atomic E-state index is 10.4. The Morgan fingerprint density at radius 2 is 1.13 bits per heavy atom. The summed E-state index contributed by atoms with van der Waals surface area (Å²) in [6.07, 6.45) is 7.51. The van der Waals surface area contributed by atoms with Gasteiger partial charge < -0.3 is 0 Å². The van der Waals surface area contributed by atoms with E-state index >= 15 is 0 Å². The second-order valence-corrected chi connectivity index (χ2v) is 15.8. The van der Waals surface area contributed by atoms with Crippen molar-refractivity contribution in [1.82, 2.24) is 19.9 Å². The van der Waals surface area contributed by atoms with E-state index in [1.54, 1.807) is 11.3 Å². The summed E-state index contributed by atoms with van der Waals surface area (Å²) in [5, 5.41) is 21.5. The van der Waals surface area contributed by atoms with Crippen molar-refractivity contribution in [3.63, 3.8) is 0 Å². The third-order valence-corrected chi connectivity index (χ3v) is 12.1. The second-order valence-electron chi connectivity index (χ2n) is 14.8. The zero-order valence-electron chi connectivity index (χ0n) is 32.8. The van der Waals surface area contributed by atoms with E-state index in [1.165, 1.54) is 0 Å². The average Bonchev–Trinajstić information content (AvgIpc) is 3.79. The molecule has 7 aromatic carbocycles. The van der Waals surface area contributed by atoms with Crippen LogP contribution in [0.2, 0.25) is 0 Å². The number of aromatic nitrogens is 4. The molecular weight excluding hydrogens is 765 g/mol. The molecule has 0 radical (unpaired) electrons. The van der Waals surface area contributed by atoms with Gasteiger partial charge in [0.25, 0.3) is 0 Å². The highest BCUT2D eigenvalue weighted by Crippen LogP contribution is 2.45. The lowest BCUT2D eigenvalue weighted by Gasteiger charge is -2.23. The van der Waals surface area contributed by atoms with Gasteiger partial charge in [0, 0.05) is 28.2 Å². The molecule has 1 aliphatic rings. The molecule has 0 amide bonds. The molecule has 1 atom stereocenters. The van der Waals surface area contributed by atoms with Crippen LogP contribution < -0.4 is 0 Å². The van der Waals surface area contributed by atoms with E-state index in [9.17, 15) is 10.5 Å². The minimum absolute atomic E-state index is 0.00139. The minimum Gasteiger partial charge on any atom is -0.236 e. The fourth-order valence-corrected chi connectivity index (χ4v) is 9.03. The normalized spacial score (nSPS) is 13.3. The molecule has 0 saturated heterocycles. The summed E-state index contributed by atoms with van der Waals surface area (Å²) in [5.41, 5.74) is 12.4. The number of nitriles is 2. The summed E-state index contributed by atoms with van der Waals surface area (Å²) in [4.78, 5) is 20.2. The summed E-state index contributed by atoms with van der Waals surface area (Å²) in [7, 11) is 0. The van der Waals surface area contributed by atoms with Crippen LogP contribution in [0.15, 0.2) is 188 Å². The van der Waals surface area contributed by atoms with E-state index in [4.69, 9.17) is 19.9 Å². The van der Waals surface area contributed by atoms with Gasteiger partial charge in [-0.25, -0.2) is 19.9 Å². The molecule has 1 aliphatic carbocycles. The van der Waals surface area contributed by atoms with Gasteiger partial charge in [0.05, 0.1) is 33.5 Å². The number of hydrogen-bond donors (Lipinski definition) is 0. The van der Waals surface area contributed by atoms with Crippen LogP contribution in [-0.4, -0.2) is 19.9 Å².